The normalized spacial score (nSPS) is 11.1. The van der Waals surface area contributed by atoms with Crippen LogP contribution in [-0.4, -0.2) is 29.1 Å². The van der Waals surface area contributed by atoms with Crippen molar-refractivity contribution in [3.8, 4) is 0 Å². The number of carbonyl (C=O) groups is 1. The minimum Gasteiger partial charge on any atom is -0.368 e. The summed E-state index contributed by atoms with van der Waals surface area (Å²) in [6.07, 6.45) is 0. The number of nitrogens with two attached hydrogens (primary N) is 1. The molecule has 0 unspecified atom stereocenters. The minimum absolute atomic E-state index is 0.174. The molecule has 1 heterocycles. The first kappa shape index (κ1) is 14.5. The summed E-state index contributed by atoms with van der Waals surface area (Å²) in [5.41, 5.74) is 4.78. The van der Waals surface area contributed by atoms with E-state index in [2.05, 4.69) is 20.6 Å². The van der Waals surface area contributed by atoms with Gasteiger partial charge in [0.2, 0.25) is 0 Å². The summed E-state index contributed by atoms with van der Waals surface area (Å²) >= 11 is 5.94. The Kier molecular flexibility index (Phi) is 4.72. The summed E-state index contributed by atoms with van der Waals surface area (Å²) in [5, 5.41) is 5.91. The number of urea groups is 1. The van der Waals surface area contributed by atoms with E-state index in [9.17, 15) is 4.79 Å². The van der Waals surface area contributed by atoms with Crippen molar-refractivity contribution in [2.24, 2.45) is 5.73 Å². The molecule has 0 saturated heterocycles. The van der Waals surface area contributed by atoms with Gasteiger partial charge in [-0.1, -0.05) is 32.4 Å². The number of halogens is 1. The predicted octanol–water partition coefficient (Wildman–Crippen LogP) is 1.51. The fraction of sp³-hybridized carbons (Fsp3) is 0.545. The molecule has 0 aromatic carbocycles. The average Bonchev–Trinajstić information content (AvgIpc) is 2.22. The van der Waals surface area contributed by atoms with Gasteiger partial charge in [-0.25, -0.2) is 14.8 Å². The summed E-state index contributed by atoms with van der Waals surface area (Å²) in [6.45, 7) is 6.97. The van der Waals surface area contributed by atoms with Crippen LogP contribution in [0.4, 0.5) is 10.6 Å². The quantitative estimate of drug-likeness (QED) is 0.572. The lowest BCUT2D eigenvalue weighted by molar-refractivity contribution is 0.249. The standard InChI is InChI=1S/C11H18ClN5O/c1-11(2,3)9-16-7(12)6-8(17-9)14-4-5-15-10(13)18/h6H,4-5H2,1-3H3,(H3,13,15,18)(H,14,16,17). The van der Waals surface area contributed by atoms with Crippen molar-refractivity contribution in [3.63, 3.8) is 0 Å². The lowest BCUT2D eigenvalue weighted by atomic mass is 9.96. The van der Waals surface area contributed by atoms with Gasteiger partial charge in [0.15, 0.2) is 0 Å². The van der Waals surface area contributed by atoms with Crippen molar-refractivity contribution < 1.29 is 4.79 Å². The van der Waals surface area contributed by atoms with Gasteiger partial charge in [-0.15, -0.1) is 0 Å². The molecule has 0 radical (unpaired) electrons. The molecule has 0 aliphatic rings. The van der Waals surface area contributed by atoms with Crippen LogP contribution in [0.15, 0.2) is 6.07 Å². The molecule has 0 fully saturated rings. The van der Waals surface area contributed by atoms with Gasteiger partial charge in [0.25, 0.3) is 0 Å². The van der Waals surface area contributed by atoms with Crippen LogP contribution in [0.5, 0.6) is 0 Å². The molecule has 7 heteroatoms. The predicted molar refractivity (Wildman–Crippen MR) is 71.8 cm³/mol. The van der Waals surface area contributed by atoms with Gasteiger partial charge in [0.1, 0.15) is 16.8 Å². The first-order valence-electron chi connectivity index (χ1n) is 5.61. The zero-order valence-corrected chi connectivity index (χ0v) is 11.5. The van der Waals surface area contributed by atoms with Gasteiger partial charge in [0, 0.05) is 24.6 Å². The van der Waals surface area contributed by atoms with E-state index >= 15 is 0 Å². The summed E-state index contributed by atoms with van der Waals surface area (Å²) in [7, 11) is 0. The highest BCUT2D eigenvalue weighted by molar-refractivity contribution is 6.29. The number of rotatable bonds is 4. The zero-order valence-electron chi connectivity index (χ0n) is 10.7. The highest BCUT2D eigenvalue weighted by Crippen LogP contribution is 2.21. The van der Waals surface area contributed by atoms with Crippen LogP contribution >= 0.6 is 11.6 Å². The summed E-state index contributed by atoms with van der Waals surface area (Å²) in [6, 6.07) is 1.09. The number of aromatic nitrogens is 2. The van der Waals surface area contributed by atoms with Crippen molar-refractivity contribution >= 4 is 23.4 Å². The number of anilines is 1. The van der Waals surface area contributed by atoms with Gasteiger partial charge in [0.05, 0.1) is 0 Å². The fourth-order valence-electron chi connectivity index (χ4n) is 1.22. The second-order valence-corrected chi connectivity index (χ2v) is 5.25. The Labute approximate surface area is 111 Å². The van der Waals surface area contributed by atoms with E-state index in [4.69, 9.17) is 17.3 Å². The monoisotopic (exact) mass is 271 g/mol. The first-order valence-corrected chi connectivity index (χ1v) is 5.99. The smallest absolute Gasteiger partial charge is 0.312 e. The van der Waals surface area contributed by atoms with Crippen LogP contribution in [0.3, 0.4) is 0 Å². The van der Waals surface area contributed by atoms with Gasteiger partial charge >= 0.3 is 6.03 Å². The molecule has 6 nitrogen and oxygen atoms in total. The Bertz CT molecular complexity index is 430. The number of nitrogens with zero attached hydrogens (tertiary/aromatic N) is 2. The van der Waals surface area contributed by atoms with Crippen LogP contribution < -0.4 is 16.4 Å². The van der Waals surface area contributed by atoms with Crippen LogP contribution in [0.25, 0.3) is 0 Å². The minimum atomic E-state index is -0.548. The molecular weight excluding hydrogens is 254 g/mol. The average molecular weight is 272 g/mol. The van der Waals surface area contributed by atoms with E-state index < -0.39 is 6.03 Å². The first-order chi connectivity index (χ1) is 8.29. The molecule has 1 rings (SSSR count). The number of primary amides is 1. The fourth-order valence-corrected chi connectivity index (χ4v) is 1.40. The molecule has 0 saturated carbocycles. The van der Waals surface area contributed by atoms with E-state index in [-0.39, 0.29) is 5.41 Å². The van der Waals surface area contributed by atoms with Crippen molar-refractivity contribution in [2.45, 2.75) is 26.2 Å². The lowest BCUT2D eigenvalue weighted by Crippen LogP contribution is -2.33. The topological polar surface area (TPSA) is 92.9 Å². The number of carbonyl (C=O) groups excluding carboxylic acids is 1. The molecule has 18 heavy (non-hydrogen) atoms. The Hall–Kier alpha value is -1.56. The maximum Gasteiger partial charge on any atom is 0.312 e. The van der Waals surface area contributed by atoms with Crippen LogP contribution in [0.2, 0.25) is 5.15 Å². The van der Waals surface area contributed by atoms with Crippen molar-refractivity contribution in [2.75, 3.05) is 18.4 Å². The largest absolute Gasteiger partial charge is 0.368 e. The molecule has 100 valence electrons. The Balaban J connectivity index is 2.66. The second-order valence-electron chi connectivity index (χ2n) is 4.87. The number of hydrogen-bond acceptors (Lipinski definition) is 4. The number of hydrogen-bond donors (Lipinski definition) is 3. The summed E-state index contributed by atoms with van der Waals surface area (Å²) in [4.78, 5) is 19.0. The Morgan fingerprint density at radius 2 is 2.06 bits per heavy atom. The zero-order chi connectivity index (χ0) is 13.8. The maximum absolute atomic E-state index is 10.5. The third-order valence-corrected chi connectivity index (χ3v) is 2.29. The van der Waals surface area contributed by atoms with Crippen molar-refractivity contribution in [3.05, 3.63) is 17.0 Å². The van der Waals surface area contributed by atoms with Crippen molar-refractivity contribution in [1.82, 2.24) is 15.3 Å². The summed E-state index contributed by atoms with van der Waals surface area (Å²) < 4.78 is 0. The van der Waals surface area contributed by atoms with Gasteiger partial charge < -0.3 is 16.4 Å². The Morgan fingerprint density at radius 1 is 1.39 bits per heavy atom. The van der Waals surface area contributed by atoms with Gasteiger partial charge in [-0.3, -0.25) is 0 Å². The third-order valence-electron chi connectivity index (χ3n) is 2.10. The van der Waals surface area contributed by atoms with Gasteiger partial charge in [-0.2, -0.15) is 0 Å². The lowest BCUT2D eigenvalue weighted by Gasteiger charge is -2.17. The van der Waals surface area contributed by atoms with Gasteiger partial charge in [-0.05, 0) is 0 Å². The highest BCUT2D eigenvalue weighted by Gasteiger charge is 2.18. The SMILES string of the molecule is CC(C)(C)c1nc(Cl)cc(NCCNC(N)=O)n1. The number of amides is 2. The second kappa shape index (κ2) is 5.86. The number of nitrogens with one attached hydrogen (secondary N) is 2. The Morgan fingerprint density at radius 3 is 2.61 bits per heavy atom. The third kappa shape index (κ3) is 4.75. The van der Waals surface area contributed by atoms with Crippen LogP contribution in [0, 0.1) is 0 Å². The molecule has 0 aliphatic heterocycles. The molecular formula is C11H18ClN5O. The molecule has 4 N–H and O–H groups in total. The van der Waals surface area contributed by atoms with Crippen LogP contribution in [-0.2, 0) is 5.41 Å². The molecule has 0 aliphatic carbocycles. The van der Waals surface area contributed by atoms with E-state index in [1.54, 1.807) is 6.07 Å². The highest BCUT2D eigenvalue weighted by atomic mass is 35.5. The van der Waals surface area contributed by atoms with E-state index in [0.717, 1.165) is 0 Å². The maximum atomic E-state index is 10.5. The molecule has 0 atom stereocenters. The molecule has 0 spiro atoms. The molecule has 1 aromatic rings. The molecule has 1 aromatic heterocycles. The van der Waals surface area contributed by atoms with E-state index in [1.807, 2.05) is 20.8 Å². The van der Waals surface area contributed by atoms with E-state index in [0.29, 0.717) is 29.9 Å². The van der Waals surface area contributed by atoms with E-state index in [1.165, 1.54) is 0 Å². The van der Waals surface area contributed by atoms with Crippen molar-refractivity contribution in [1.29, 1.82) is 0 Å². The molecule has 2 amide bonds. The van der Waals surface area contributed by atoms with Crippen LogP contribution in [0.1, 0.15) is 26.6 Å². The summed E-state index contributed by atoms with van der Waals surface area (Å²) in [5.74, 6) is 1.30. The molecule has 0 bridgehead atoms.